The first-order valence-electron chi connectivity index (χ1n) is 13.2. The summed E-state index contributed by atoms with van der Waals surface area (Å²) in [5, 5.41) is 12.0. The minimum Gasteiger partial charge on any atom is -0.371 e. The summed E-state index contributed by atoms with van der Waals surface area (Å²) in [6.07, 6.45) is 10.3. The van der Waals surface area contributed by atoms with E-state index in [0.717, 1.165) is 71.5 Å². The molecular formula is C29H29N7O. The Morgan fingerprint density at radius 1 is 0.973 bits per heavy atom. The summed E-state index contributed by atoms with van der Waals surface area (Å²) in [7, 11) is 0. The number of aromatic amines is 2. The Morgan fingerprint density at radius 2 is 1.86 bits per heavy atom. The van der Waals surface area contributed by atoms with Crippen molar-refractivity contribution < 1.29 is 4.79 Å². The van der Waals surface area contributed by atoms with Crippen molar-refractivity contribution in [2.24, 2.45) is 5.92 Å². The largest absolute Gasteiger partial charge is 0.371 e. The Bertz CT molecular complexity index is 1610. The monoisotopic (exact) mass is 491 g/mol. The van der Waals surface area contributed by atoms with Crippen molar-refractivity contribution in [3.05, 3.63) is 54.9 Å². The maximum atomic E-state index is 12.4. The SMILES string of the molecule is O=C(Nc1cncc(-c2ccc3[nH]nc(-c4cc5c(N6CCCCC6)cccc5[nH]4)c3n2)c1)C1CCC1. The van der Waals surface area contributed by atoms with Crippen LogP contribution in [0.1, 0.15) is 38.5 Å². The van der Waals surface area contributed by atoms with Gasteiger partial charge in [-0.2, -0.15) is 5.10 Å². The van der Waals surface area contributed by atoms with Gasteiger partial charge in [-0.1, -0.05) is 12.5 Å². The third-order valence-corrected chi connectivity index (χ3v) is 7.78. The highest BCUT2D eigenvalue weighted by atomic mass is 16.1. The molecule has 2 fully saturated rings. The Labute approximate surface area is 214 Å². The van der Waals surface area contributed by atoms with Gasteiger partial charge >= 0.3 is 0 Å². The Balaban J connectivity index is 1.23. The zero-order valence-corrected chi connectivity index (χ0v) is 20.6. The van der Waals surface area contributed by atoms with Gasteiger partial charge in [-0.25, -0.2) is 4.98 Å². The minimum absolute atomic E-state index is 0.0773. The van der Waals surface area contributed by atoms with E-state index in [1.807, 2.05) is 18.2 Å². The van der Waals surface area contributed by atoms with E-state index in [1.165, 1.54) is 30.3 Å². The van der Waals surface area contributed by atoms with Crippen LogP contribution in [0.4, 0.5) is 11.4 Å². The molecule has 1 aliphatic carbocycles. The molecule has 0 radical (unpaired) electrons. The Morgan fingerprint density at radius 3 is 2.70 bits per heavy atom. The molecule has 5 heterocycles. The molecule has 186 valence electrons. The van der Waals surface area contributed by atoms with Crippen molar-refractivity contribution in [3.8, 4) is 22.6 Å². The maximum absolute atomic E-state index is 12.4. The molecule has 5 aromatic rings. The van der Waals surface area contributed by atoms with Gasteiger partial charge in [0.15, 0.2) is 0 Å². The van der Waals surface area contributed by atoms with Crippen LogP contribution in [-0.4, -0.2) is 44.1 Å². The molecule has 1 saturated carbocycles. The van der Waals surface area contributed by atoms with E-state index in [1.54, 1.807) is 12.4 Å². The van der Waals surface area contributed by atoms with Gasteiger partial charge < -0.3 is 15.2 Å². The summed E-state index contributed by atoms with van der Waals surface area (Å²) >= 11 is 0. The van der Waals surface area contributed by atoms with Crippen LogP contribution in [0.5, 0.6) is 0 Å². The molecule has 7 rings (SSSR count). The highest BCUT2D eigenvalue weighted by molar-refractivity contribution is 5.99. The number of fused-ring (bicyclic) bond motifs is 2. The number of amides is 1. The smallest absolute Gasteiger partial charge is 0.227 e. The number of carbonyl (C=O) groups is 1. The summed E-state index contributed by atoms with van der Waals surface area (Å²) in [5.41, 5.74) is 8.12. The fraction of sp³-hybridized carbons (Fsp3) is 0.310. The first-order valence-corrected chi connectivity index (χ1v) is 13.2. The average Bonchev–Trinajstić information content (AvgIpc) is 3.52. The fourth-order valence-electron chi connectivity index (χ4n) is 5.49. The second-order valence-electron chi connectivity index (χ2n) is 10.2. The number of H-pyrrole nitrogens is 2. The van der Waals surface area contributed by atoms with E-state index >= 15 is 0 Å². The lowest BCUT2D eigenvalue weighted by atomic mass is 9.85. The lowest BCUT2D eigenvalue weighted by molar-refractivity contribution is -0.122. The molecule has 3 N–H and O–H groups in total. The summed E-state index contributed by atoms with van der Waals surface area (Å²) in [4.78, 5) is 27.8. The lowest BCUT2D eigenvalue weighted by Crippen LogP contribution is -2.29. The van der Waals surface area contributed by atoms with Crippen molar-refractivity contribution in [2.45, 2.75) is 38.5 Å². The number of carbonyl (C=O) groups excluding carboxylic acids is 1. The quantitative estimate of drug-likeness (QED) is 0.284. The molecule has 8 nitrogen and oxygen atoms in total. The predicted octanol–water partition coefficient (Wildman–Crippen LogP) is 5.90. The standard InChI is InChI=1S/C29H29N7O/c37-29(18-6-4-7-18)31-20-14-19(16-30-17-20)22-10-11-24-27(33-22)28(35-34-24)25-15-21-23(32-25)8-5-9-26(21)36-12-2-1-3-13-36/h5,8-11,14-18,32H,1-4,6-7,12-13H2,(H,31,37)(H,34,35). The number of hydrogen-bond acceptors (Lipinski definition) is 5. The molecule has 1 amide bonds. The number of nitrogens with one attached hydrogen (secondary N) is 3. The van der Waals surface area contributed by atoms with E-state index in [2.05, 4.69) is 54.6 Å². The summed E-state index contributed by atoms with van der Waals surface area (Å²) in [6, 6.07) is 14.5. The molecular weight excluding hydrogens is 462 g/mol. The van der Waals surface area contributed by atoms with Gasteiger partial charge in [-0.3, -0.25) is 14.9 Å². The Kier molecular flexibility index (Phi) is 5.38. The second kappa shape index (κ2) is 9.03. The molecule has 0 unspecified atom stereocenters. The van der Waals surface area contributed by atoms with Crippen molar-refractivity contribution in [1.29, 1.82) is 0 Å². The molecule has 4 aromatic heterocycles. The summed E-state index contributed by atoms with van der Waals surface area (Å²) in [5.74, 6) is 0.201. The minimum atomic E-state index is 0.0773. The molecule has 8 heteroatoms. The lowest BCUT2D eigenvalue weighted by Gasteiger charge is -2.29. The molecule has 2 aliphatic rings. The molecule has 1 aliphatic heterocycles. The number of piperidine rings is 1. The van der Waals surface area contributed by atoms with E-state index in [4.69, 9.17) is 4.98 Å². The number of pyridine rings is 2. The van der Waals surface area contributed by atoms with Gasteiger partial charge in [0, 0.05) is 47.4 Å². The van der Waals surface area contributed by atoms with Gasteiger partial charge in [-0.05, 0) is 68.5 Å². The van der Waals surface area contributed by atoms with Crippen LogP contribution in [0.15, 0.2) is 54.9 Å². The summed E-state index contributed by atoms with van der Waals surface area (Å²) < 4.78 is 0. The van der Waals surface area contributed by atoms with Crippen LogP contribution < -0.4 is 10.2 Å². The highest BCUT2D eigenvalue weighted by Crippen LogP contribution is 2.35. The average molecular weight is 492 g/mol. The summed E-state index contributed by atoms with van der Waals surface area (Å²) in [6.45, 7) is 2.20. The van der Waals surface area contributed by atoms with Crippen molar-refractivity contribution in [2.75, 3.05) is 23.3 Å². The third kappa shape index (κ3) is 4.02. The molecule has 1 saturated heterocycles. The predicted molar refractivity (Wildman–Crippen MR) is 146 cm³/mol. The molecule has 37 heavy (non-hydrogen) atoms. The van der Waals surface area contributed by atoms with Crippen LogP contribution in [0.3, 0.4) is 0 Å². The molecule has 1 aromatic carbocycles. The number of anilines is 2. The highest BCUT2D eigenvalue weighted by Gasteiger charge is 2.25. The van der Waals surface area contributed by atoms with E-state index < -0.39 is 0 Å². The normalized spacial score (nSPS) is 16.3. The zero-order valence-electron chi connectivity index (χ0n) is 20.6. The van der Waals surface area contributed by atoms with Crippen LogP contribution in [0, 0.1) is 5.92 Å². The van der Waals surface area contributed by atoms with E-state index in [9.17, 15) is 4.79 Å². The molecule has 0 bridgehead atoms. The van der Waals surface area contributed by atoms with Gasteiger partial charge in [0.1, 0.15) is 11.2 Å². The van der Waals surface area contributed by atoms with Crippen molar-refractivity contribution >= 4 is 39.2 Å². The number of rotatable bonds is 5. The first-order chi connectivity index (χ1) is 18.2. The number of nitrogens with zero attached hydrogens (tertiary/aromatic N) is 4. The maximum Gasteiger partial charge on any atom is 0.227 e. The van der Waals surface area contributed by atoms with Crippen LogP contribution in [-0.2, 0) is 4.79 Å². The van der Waals surface area contributed by atoms with E-state index in [-0.39, 0.29) is 11.8 Å². The zero-order chi connectivity index (χ0) is 24.8. The Hall–Kier alpha value is -4.20. The van der Waals surface area contributed by atoms with Gasteiger partial charge in [-0.15, -0.1) is 0 Å². The number of aromatic nitrogens is 5. The van der Waals surface area contributed by atoms with Crippen molar-refractivity contribution in [1.82, 2.24) is 25.1 Å². The van der Waals surface area contributed by atoms with Gasteiger partial charge in [0.05, 0.1) is 28.8 Å². The topological polar surface area (TPSA) is 103 Å². The molecule has 0 spiro atoms. The fourth-order valence-corrected chi connectivity index (χ4v) is 5.49. The molecule has 0 atom stereocenters. The van der Waals surface area contributed by atoms with Gasteiger partial charge in [0.25, 0.3) is 0 Å². The van der Waals surface area contributed by atoms with Crippen LogP contribution >= 0.6 is 0 Å². The van der Waals surface area contributed by atoms with Gasteiger partial charge in [0.2, 0.25) is 5.91 Å². The van der Waals surface area contributed by atoms with E-state index in [0.29, 0.717) is 5.69 Å². The second-order valence-corrected chi connectivity index (χ2v) is 10.2. The number of benzene rings is 1. The van der Waals surface area contributed by atoms with Crippen LogP contribution in [0.2, 0.25) is 0 Å². The van der Waals surface area contributed by atoms with Crippen LogP contribution in [0.25, 0.3) is 44.6 Å². The van der Waals surface area contributed by atoms with Crippen molar-refractivity contribution in [3.63, 3.8) is 0 Å². The first kappa shape index (κ1) is 22.0. The number of hydrogen-bond donors (Lipinski definition) is 3. The third-order valence-electron chi connectivity index (χ3n) is 7.78.